The van der Waals surface area contributed by atoms with Crippen molar-refractivity contribution in [3.8, 4) is 5.75 Å². The number of carbonyl (C=O) groups excluding carboxylic acids is 1. The predicted molar refractivity (Wildman–Crippen MR) is 103 cm³/mol. The third-order valence-corrected chi connectivity index (χ3v) is 4.21. The minimum absolute atomic E-state index is 0.119. The Bertz CT molecular complexity index is 645. The molecule has 1 amide bonds. The molecule has 1 saturated heterocycles. The molecule has 0 radical (unpaired) electrons. The van der Waals surface area contributed by atoms with Gasteiger partial charge in [-0.05, 0) is 17.7 Å². The van der Waals surface area contributed by atoms with Crippen LogP contribution < -0.4 is 4.74 Å². The molecule has 0 aliphatic carbocycles. The van der Waals surface area contributed by atoms with Crippen LogP contribution in [-0.2, 0) is 25.7 Å². The number of β-amino-alcohol motifs (C(OH)–C–C–N with tert-alkyl or cyclic N) is 1. The molecular formula is C19H28N2O8. The number of rotatable bonds is 7. The normalized spacial score (nSPS) is 15.1. The van der Waals surface area contributed by atoms with E-state index in [-0.39, 0.29) is 5.91 Å². The molecule has 3 N–H and O–H groups in total. The van der Waals surface area contributed by atoms with Crippen LogP contribution in [0, 0.1) is 0 Å². The largest absolute Gasteiger partial charge is 0.497 e. The SMILES string of the molecule is COc1ccc(COCC(O)CN2CCN(C(C)=O)CC2)cc1.O=C(O)C(=O)O. The fraction of sp³-hybridized carbons (Fsp3) is 0.526. The number of piperazine rings is 1. The molecule has 2 rings (SSSR count). The molecule has 0 bridgehead atoms. The minimum atomic E-state index is -1.82. The average Bonchev–Trinajstić information content (AvgIpc) is 2.69. The molecule has 29 heavy (non-hydrogen) atoms. The van der Waals surface area contributed by atoms with Gasteiger partial charge in [-0.1, -0.05) is 12.1 Å². The van der Waals surface area contributed by atoms with Crippen molar-refractivity contribution < 1.29 is 39.2 Å². The maximum atomic E-state index is 11.3. The summed E-state index contributed by atoms with van der Waals surface area (Å²) in [6, 6.07) is 7.69. The van der Waals surface area contributed by atoms with Crippen LogP contribution in [0.2, 0.25) is 0 Å². The first kappa shape index (κ1) is 24.3. The first-order chi connectivity index (χ1) is 13.7. The molecule has 1 atom stereocenters. The van der Waals surface area contributed by atoms with E-state index < -0.39 is 18.0 Å². The maximum Gasteiger partial charge on any atom is 0.414 e. The summed E-state index contributed by atoms with van der Waals surface area (Å²) in [5, 5.41) is 24.9. The van der Waals surface area contributed by atoms with Crippen molar-refractivity contribution >= 4 is 17.8 Å². The number of carbonyl (C=O) groups is 3. The van der Waals surface area contributed by atoms with Crippen molar-refractivity contribution in [1.29, 1.82) is 0 Å². The van der Waals surface area contributed by atoms with E-state index in [1.807, 2.05) is 29.2 Å². The maximum absolute atomic E-state index is 11.3. The lowest BCUT2D eigenvalue weighted by atomic mass is 10.2. The topological polar surface area (TPSA) is 137 Å². The van der Waals surface area contributed by atoms with Gasteiger partial charge in [0, 0.05) is 39.6 Å². The van der Waals surface area contributed by atoms with Gasteiger partial charge in [-0.15, -0.1) is 0 Å². The zero-order valence-corrected chi connectivity index (χ0v) is 16.6. The highest BCUT2D eigenvalue weighted by Crippen LogP contribution is 2.12. The second kappa shape index (κ2) is 12.7. The summed E-state index contributed by atoms with van der Waals surface area (Å²) >= 11 is 0. The first-order valence-electron chi connectivity index (χ1n) is 9.05. The van der Waals surface area contributed by atoms with Crippen LogP contribution >= 0.6 is 0 Å². The number of hydrogen-bond acceptors (Lipinski definition) is 7. The Balaban J connectivity index is 0.000000612. The molecule has 0 spiro atoms. The number of hydrogen-bond donors (Lipinski definition) is 3. The van der Waals surface area contributed by atoms with E-state index in [2.05, 4.69) is 4.90 Å². The van der Waals surface area contributed by atoms with E-state index in [0.29, 0.717) is 19.8 Å². The quantitative estimate of drug-likeness (QED) is 0.524. The second-order valence-electron chi connectivity index (χ2n) is 6.43. The number of carboxylic acid groups (broad SMARTS) is 2. The van der Waals surface area contributed by atoms with E-state index in [1.165, 1.54) is 0 Å². The summed E-state index contributed by atoms with van der Waals surface area (Å²) in [5.41, 5.74) is 1.05. The van der Waals surface area contributed by atoms with Gasteiger partial charge in [-0.25, -0.2) is 9.59 Å². The van der Waals surface area contributed by atoms with Gasteiger partial charge in [-0.3, -0.25) is 9.69 Å². The van der Waals surface area contributed by atoms with Crippen LogP contribution in [0.25, 0.3) is 0 Å². The van der Waals surface area contributed by atoms with Crippen molar-refractivity contribution in [3.05, 3.63) is 29.8 Å². The van der Waals surface area contributed by atoms with E-state index >= 15 is 0 Å². The van der Waals surface area contributed by atoms with Crippen molar-refractivity contribution in [2.45, 2.75) is 19.6 Å². The molecule has 10 heteroatoms. The Morgan fingerprint density at radius 2 is 1.59 bits per heavy atom. The summed E-state index contributed by atoms with van der Waals surface area (Å²) in [4.78, 5) is 33.5. The fourth-order valence-electron chi connectivity index (χ4n) is 2.63. The van der Waals surface area contributed by atoms with Crippen LogP contribution in [0.1, 0.15) is 12.5 Å². The predicted octanol–water partition coefficient (Wildman–Crippen LogP) is -0.108. The molecule has 1 unspecified atom stereocenters. The third-order valence-electron chi connectivity index (χ3n) is 4.21. The summed E-state index contributed by atoms with van der Waals surface area (Å²) < 4.78 is 10.7. The Labute approximate surface area is 169 Å². The zero-order valence-electron chi connectivity index (χ0n) is 16.6. The highest BCUT2D eigenvalue weighted by Gasteiger charge is 2.20. The number of benzene rings is 1. The summed E-state index contributed by atoms with van der Waals surface area (Å²) in [6.45, 7) is 6.01. The monoisotopic (exact) mass is 412 g/mol. The number of carboxylic acids is 2. The van der Waals surface area contributed by atoms with E-state index in [4.69, 9.17) is 29.3 Å². The van der Waals surface area contributed by atoms with Crippen molar-refractivity contribution in [1.82, 2.24) is 9.80 Å². The number of aliphatic hydroxyl groups excluding tert-OH is 1. The Morgan fingerprint density at radius 3 is 2.03 bits per heavy atom. The van der Waals surface area contributed by atoms with Crippen LogP contribution in [-0.4, -0.2) is 95.5 Å². The molecule has 10 nitrogen and oxygen atoms in total. The van der Waals surface area contributed by atoms with Crippen LogP contribution in [0.4, 0.5) is 0 Å². The third kappa shape index (κ3) is 9.88. The van der Waals surface area contributed by atoms with Crippen LogP contribution in [0.15, 0.2) is 24.3 Å². The van der Waals surface area contributed by atoms with E-state index in [9.17, 15) is 9.90 Å². The number of aliphatic hydroxyl groups is 1. The molecule has 0 aromatic heterocycles. The van der Waals surface area contributed by atoms with Gasteiger partial charge in [0.2, 0.25) is 5.91 Å². The van der Waals surface area contributed by atoms with Gasteiger partial charge in [0.15, 0.2) is 0 Å². The number of amides is 1. The number of ether oxygens (including phenoxy) is 2. The Hall–Kier alpha value is -2.69. The van der Waals surface area contributed by atoms with Crippen molar-refractivity contribution in [2.75, 3.05) is 46.4 Å². The molecule has 162 valence electrons. The zero-order chi connectivity index (χ0) is 21.8. The highest BCUT2D eigenvalue weighted by molar-refractivity contribution is 6.27. The molecule has 1 aromatic rings. The van der Waals surface area contributed by atoms with Crippen LogP contribution in [0.3, 0.4) is 0 Å². The van der Waals surface area contributed by atoms with Gasteiger partial charge < -0.3 is 29.7 Å². The van der Waals surface area contributed by atoms with Crippen LogP contribution in [0.5, 0.6) is 5.75 Å². The highest BCUT2D eigenvalue weighted by atomic mass is 16.5. The summed E-state index contributed by atoms with van der Waals surface area (Å²) in [7, 11) is 1.64. The van der Waals surface area contributed by atoms with Crippen molar-refractivity contribution in [2.24, 2.45) is 0 Å². The molecule has 1 aromatic carbocycles. The van der Waals surface area contributed by atoms with Gasteiger partial charge in [-0.2, -0.15) is 0 Å². The smallest absolute Gasteiger partial charge is 0.414 e. The molecule has 1 fully saturated rings. The van der Waals surface area contributed by atoms with Crippen molar-refractivity contribution in [3.63, 3.8) is 0 Å². The molecule has 0 saturated carbocycles. The fourth-order valence-corrected chi connectivity index (χ4v) is 2.63. The number of nitrogens with zero attached hydrogens (tertiary/aromatic N) is 2. The lowest BCUT2D eigenvalue weighted by Crippen LogP contribution is -2.50. The Morgan fingerprint density at radius 1 is 1.03 bits per heavy atom. The lowest BCUT2D eigenvalue weighted by molar-refractivity contribution is -0.159. The first-order valence-corrected chi connectivity index (χ1v) is 9.05. The van der Waals surface area contributed by atoms with Gasteiger partial charge >= 0.3 is 11.9 Å². The Kier molecular flexibility index (Phi) is 10.7. The number of methoxy groups -OCH3 is 1. The average molecular weight is 412 g/mol. The summed E-state index contributed by atoms with van der Waals surface area (Å²) in [5.74, 6) is -2.71. The molecule has 1 aliphatic heterocycles. The minimum Gasteiger partial charge on any atom is -0.497 e. The van der Waals surface area contributed by atoms with E-state index in [0.717, 1.165) is 37.5 Å². The molecule has 1 heterocycles. The summed E-state index contributed by atoms with van der Waals surface area (Å²) in [6.07, 6.45) is -0.517. The van der Waals surface area contributed by atoms with Gasteiger partial charge in [0.25, 0.3) is 0 Å². The number of aliphatic carboxylic acids is 2. The molecular weight excluding hydrogens is 384 g/mol. The second-order valence-corrected chi connectivity index (χ2v) is 6.43. The lowest BCUT2D eigenvalue weighted by Gasteiger charge is -2.35. The van der Waals surface area contributed by atoms with Gasteiger partial charge in [0.1, 0.15) is 5.75 Å². The molecule has 1 aliphatic rings. The van der Waals surface area contributed by atoms with Gasteiger partial charge in [0.05, 0.1) is 26.4 Å². The standard InChI is InChI=1S/C17H26N2O4.C2H2O4/c1-14(20)19-9-7-18(8-10-19)11-16(21)13-23-12-15-3-5-17(22-2)6-4-15;3-1(4)2(5)6/h3-6,16,21H,7-13H2,1-2H3;(H,3,4)(H,5,6). The van der Waals surface area contributed by atoms with E-state index in [1.54, 1.807) is 14.0 Å².